The van der Waals surface area contributed by atoms with Crippen molar-refractivity contribution < 1.29 is 27.9 Å². The lowest BCUT2D eigenvalue weighted by Gasteiger charge is -2.22. The van der Waals surface area contributed by atoms with Crippen molar-refractivity contribution in [2.75, 3.05) is 19.0 Å². The summed E-state index contributed by atoms with van der Waals surface area (Å²) in [4.78, 5) is 37.4. The molecule has 34 heavy (non-hydrogen) atoms. The molecule has 10 heteroatoms. The predicted molar refractivity (Wildman–Crippen MR) is 127 cm³/mol. The molecule has 1 fully saturated rings. The normalized spacial score (nSPS) is 16.6. The Kier molecular flexibility index (Phi) is 7.83. The van der Waals surface area contributed by atoms with E-state index in [4.69, 9.17) is 4.74 Å². The van der Waals surface area contributed by atoms with Crippen LogP contribution < -0.4 is 21.1 Å². The molecular weight excluding hydrogens is 460 g/mol. The second-order valence-corrected chi connectivity index (χ2v) is 14.4. The largest absolute Gasteiger partial charge is 0.380 e. The van der Waals surface area contributed by atoms with Gasteiger partial charge in [0.1, 0.15) is 17.7 Å². The van der Waals surface area contributed by atoms with Crippen molar-refractivity contribution in [3.05, 3.63) is 59.2 Å². The number of anilines is 1. The van der Waals surface area contributed by atoms with Gasteiger partial charge >= 0.3 is 0 Å². The Labute approximate surface area is 198 Å². The summed E-state index contributed by atoms with van der Waals surface area (Å²) in [5.74, 6) is -3.40. The average Bonchev–Trinajstić information content (AvgIpc) is 3.17. The van der Waals surface area contributed by atoms with Gasteiger partial charge in [-0.3, -0.25) is 14.4 Å². The number of methoxy groups -OCH3 is 1. The summed E-state index contributed by atoms with van der Waals surface area (Å²) >= 11 is 0. The minimum atomic E-state index is -2.28. The van der Waals surface area contributed by atoms with E-state index in [-0.39, 0.29) is 29.7 Å². The molecule has 3 amide bonds. The molecule has 182 valence electrons. The zero-order valence-electron chi connectivity index (χ0n) is 19.6. The first-order valence-corrected chi connectivity index (χ1v) is 14.4. The van der Waals surface area contributed by atoms with Crippen LogP contribution in [0.1, 0.15) is 23.6 Å². The van der Waals surface area contributed by atoms with Gasteiger partial charge in [-0.1, -0.05) is 43.9 Å². The van der Waals surface area contributed by atoms with Gasteiger partial charge in [0, 0.05) is 30.9 Å². The number of hydrogen-bond acceptors (Lipinski definition) is 4. The number of carbonyl (C=O) groups excluding carboxylic acids is 3. The molecule has 0 spiro atoms. The third kappa shape index (κ3) is 6.06. The number of halogens is 2. The molecule has 3 N–H and O–H groups in total. The minimum absolute atomic E-state index is 0.0293. The molecule has 1 heterocycles. The highest BCUT2D eigenvalue weighted by Gasteiger charge is 2.32. The first-order chi connectivity index (χ1) is 16.0. The molecule has 2 atom stereocenters. The molecule has 1 saturated heterocycles. The summed E-state index contributed by atoms with van der Waals surface area (Å²) in [6.45, 7) is 6.04. The Balaban J connectivity index is 1.87. The number of hydrogen-bond donors (Lipinski definition) is 3. The van der Waals surface area contributed by atoms with Gasteiger partial charge in [0.2, 0.25) is 11.8 Å². The van der Waals surface area contributed by atoms with Gasteiger partial charge in [-0.25, -0.2) is 8.78 Å². The summed E-state index contributed by atoms with van der Waals surface area (Å²) in [6, 6.07) is 7.91. The summed E-state index contributed by atoms with van der Waals surface area (Å²) in [7, 11) is -0.716. The number of rotatable bonds is 8. The van der Waals surface area contributed by atoms with Gasteiger partial charge in [-0.2, -0.15) is 0 Å². The van der Waals surface area contributed by atoms with E-state index in [0.29, 0.717) is 12.2 Å². The van der Waals surface area contributed by atoms with Crippen molar-refractivity contribution in [3.63, 3.8) is 0 Å². The topological polar surface area (TPSA) is 96.5 Å². The molecule has 0 saturated carbocycles. The van der Waals surface area contributed by atoms with E-state index in [1.54, 1.807) is 31.4 Å². The highest BCUT2D eigenvalue weighted by atomic mass is 28.3. The third-order valence-corrected chi connectivity index (χ3v) is 7.56. The lowest BCUT2D eigenvalue weighted by atomic mass is 10.0. The molecule has 2 aromatic carbocycles. The fourth-order valence-corrected chi connectivity index (χ4v) is 5.48. The smallest absolute Gasteiger partial charge is 0.251 e. The molecule has 3 rings (SSSR count). The third-order valence-electron chi connectivity index (χ3n) is 5.58. The van der Waals surface area contributed by atoms with Gasteiger partial charge in [0.15, 0.2) is 0 Å². The summed E-state index contributed by atoms with van der Waals surface area (Å²) in [5, 5.41) is 7.84. The zero-order chi connectivity index (χ0) is 25.0. The SMILES string of the molecule is COCc1ccc([C@@H](NC(=O)[C@@H]2CNC(=O)C2)C(=O)Nc2cc(F)c([Si](C)(C)C)c(F)c2)cc1. The van der Waals surface area contributed by atoms with Gasteiger partial charge in [0.05, 0.1) is 20.6 Å². The van der Waals surface area contributed by atoms with E-state index >= 15 is 0 Å². The molecule has 1 aliphatic rings. The molecule has 0 radical (unpaired) electrons. The van der Waals surface area contributed by atoms with E-state index in [2.05, 4.69) is 16.0 Å². The molecule has 0 aliphatic carbocycles. The maximum Gasteiger partial charge on any atom is 0.251 e. The van der Waals surface area contributed by atoms with Gasteiger partial charge in [-0.05, 0) is 23.3 Å². The Hall–Kier alpha value is -3.11. The molecule has 0 bridgehead atoms. The van der Waals surface area contributed by atoms with E-state index in [1.807, 2.05) is 19.6 Å². The van der Waals surface area contributed by atoms with Crippen LogP contribution >= 0.6 is 0 Å². The molecule has 1 aliphatic heterocycles. The highest BCUT2D eigenvalue weighted by molar-refractivity contribution is 6.88. The zero-order valence-corrected chi connectivity index (χ0v) is 20.6. The maximum atomic E-state index is 14.7. The van der Waals surface area contributed by atoms with Crippen molar-refractivity contribution in [1.29, 1.82) is 0 Å². The fraction of sp³-hybridized carbons (Fsp3) is 0.375. The molecule has 7 nitrogen and oxygen atoms in total. The Morgan fingerprint density at radius 2 is 1.76 bits per heavy atom. The lowest BCUT2D eigenvalue weighted by Crippen LogP contribution is -2.43. The monoisotopic (exact) mass is 489 g/mol. The van der Waals surface area contributed by atoms with Gasteiger partial charge in [-0.15, -0.1) is 0 Å². The molecule has 2 aromatic rings. The second-order valence-electron chi connectivity index (χ2n) is 9.38. The summed E-state index contributed by atoms with van der Waals surface area (Å²) < 4.78 is 34.4. The van der Waals surface area contributed by atoms with Gasteiger partial charge < -0.3 is 20.7 Å². The van der Waals surface area contributed by atoms with Crippen LogP contribution in [0.25, 0.3) is 0 Å². The lowest BCUT2D eigenvalue weighted by molar-refractivity contribution is -0.129. The number of nitrogens with one attached hydrogen (secondary N) is 3. The second kappa shape index (κ2) is 10.4. The van der Waals surface area contributed by atoms with Crippen LogP contribution in [0.3, 0.4) is 0 Å². The van der Waals surface area contributed by atoms with Crippen LogP contribution in [-0.4, -0.2) is 39.4 Å². The van der Waals surface area contributed by atoms with Crippen LogP contribution in [0.4, 0.5) is 14.5 Å². The number of carbonyl (C=O) groups is 3. The van der Waals surface area contributed by atoms with E-state index < -0.39 is 43.5 Å². The van der Waals surface area contributed by atoms with Gasteiger partial charge in [0.25, 0.3) is 5.91 Å². The quantitative estimate of drug-likeness (QED) is 0.497. The summed E-state index contributed by atoms with van der Waals surface area (Å²) in [6.07, 6.45) is 0.0293. The highest BCUT2D eigenvalue weighted by Crippen LogP contribution is 2.21. The van der Waals surface area contributed by atoms with Crippen molar-refractivity contribution in [2.24, 2.45) is 5.92 Å². The first-order valence-electron chi connectivity index (χ1n) is 10.9. The van der Waals surface area contributed by atoms with Crippen molar-refractivity contribution in [3.8, 4) is 0 Å². The van der Waals surface area contributed by atoms with E-state index in [1.165, 1.54) is 0 Å². The number of benzene rings is 2. The van der Waals surface area contributed by atoms with Crippen LogP contribution in [0.15, 0.2) is 36.4 Å². The maximum absolute atomic E-state index is 14.7. The Morgan fingerprint density at radius 1 is 1.15 bits per heavy atom. The van der Waals surface area contributed by atoms with Crippen LogP contribution in [0.2, 0.25) is 19.6 Å². The fourth-order valence-electron chi connectivity index (χ4n) is 3.90. The predicted octanol–water partition coefficient (Wildman–Crippen LogP) is 2.59. The Morgan fingerprint density at radius 3 is 2.26 bits per heavy atom. The van der Waals surface area contributed by atoms with E-state index in [9.17, 15) is 23.2 Å². The van der Waals surface area contributed by atoms with Crippen LogP contribution in [0, 0.1) is 17.6 Å². The summed E-state index contributed by atoms with van der Waals surface area (Å²) in [5.41, 5.74) is 1.30. The Bertz CT molecular complexity index is 1060. The molecule has 0 unspecified atom stereocenters. The van der Waals surface area contributed by atoms with Crippen LogP contribution in [0.5, 0.6) is 0 Å². The van der Waals surface area contributed by atoms with E-state index in [0.717, 1.165) is 17.7 Å². The minimum Gasteiger partial charge on any atom is -0.380 e. The standard InChI is InChI=1S/C24H29F2N3O4Si/c1-33-13-14-5-7-15(8-6-14)21(29-23(31)16-9-20(30)27-12-16)24(32)28-17-10-18(25)22(19(26)11-17)34(2,3)4/h5-8,10-11,16,21H,9,12-13H2,1-4H3,(H,27,30)(H,28,32)(H,29,31)/t16-,21+/m0/s1. The van der Waals surface area contributed by atoms with Crippen molar-refractivity contribution >= 4 is 36.7 Å². The van der Waals surface area contributed by atoms with Crippen molar-refractivity contribution in [2.45, 2.75) is 38.7 Å². The first kappa shape index (κ1) is 25.5. The van der Waals surface area contributed by atoms with Crippen molar-refractivity contribution in [1.82, 2.24) is 10.6 Å². The average molecular weight is 490 g/mol. The number of amides is 3. The van der Waals surface area contributed by atoms with Crippen LogP contribution in [-0.2, 0) is 25.7 Å². The molecular formula is C24H29F2N3O4Si. The number of ether oxygens (including phenoxy) is 1. The molecule has 0 aromatic heterocycles.